The summed E-state index contributed by atoms with van der Waals surface area (Å²) in [5, 5.41) is 14.3. The quantitative estimate of drug-likeness (QED) is 0.439. The van der Waals surface area contributed by atoms with E-state index in [1.54, 1.807) is 31.2 Å². The largest absolute Gasteiger partial charge is 0.481 e. The highest BCUT2D eigenvalue weighted by atomic mass is 16.5. The van der Waals surface area contributed by atoms with Crippen LogP contribution in [0.5, 0.6) is 0 Å². The average Bonchev–Trinajstić information content (AvgIpc) is 3.15. The van der Waals surface area contributed by atoms with Crippen molar-refractivity contribution in [1.82, 2.24) is 5.32 Å². The summed E-state index contributed by atoms with van der Waals surface area (Å²) in [4.78, 5) is 36.1. The molecule has 2 amide bonds. The molecular weight excluding hydrogens is 432 g/mol. The molecule has 0 heterocycles. The van der Waals surface area contributed by atoms with Crippen molar-refractivity contribution in [2.45, 2.75) is 31.7 Å². The topological polar surface area (TPSA) is 105 Å². The predicted molar refractivity (Wildman–Crippen MR) is 129 cm³/mol. The van der Waals surface area contributed by atoms with E-state index in [0.717, 1.165) is 22.3 Å². The summed E-state index contributed by atoms with van der Waals surface area (Å²) in [6.07, 6.45) is -0.384. The SMILES string of the molecule is CC(CCC(=O)O)NC(=O)c1ccccc1NC(=O)OCC1c2ccccc2-c2ccccc21. The molecule has 3 N–H and O–H groups in total. The highest BCUT2D eigenvalue weighted by molar-refractivity contribution is 6.02. The van der Waals surface area contributed by atoms with Crippen molar-refractivity contribution >= 4 is 23.7 Å². The van der Waals surface area contributed by atoms with Crippen LogP contribution in [0.4, 0.5) is 10.5 Å². The first-order valence-corrected chi connectivity index (χ1v) is 11.2. The van der Waals surface area contributed by atoms with Gasteiger partial charge in [0.2, 0.25) is 0 Å². The van der Waals surface area contributed by atoms with Gasteiger partial charge in [-0.15, -0.1) is 0 Å². The Morgan fingerprint density at radius 1 is 0.912 bits per heavy atom. The van der Waals surface area contributed by atoms with Gasteiger partial charge in [0.1, 0.15) is 6.61 Å². The molecule has 0 saturated carbocycles. The van der Waals surface area contributed by atoms with E-state index in [4.69, 9.17) is 9.84 Å². The zero-order valence-electron chi connectivity index (χ0n) is 18.8. The lowest BCUT2D eigenvalue weighted by Gasteiger charge is -2.17. The number of fused-ring (bicyclic) bond motifs is 3. The number of para-hydroxylation sites is 1. The Morgan fingerprint density at radius 2 is 1.50 bits per heavy atom. The number of benzene rings is 3. The Balaban J connectivity index is 1.41. The molecule has 174 valence electrons. The van der Waals surface area contributed by atoms with Crippen LogP contribution >= 0.6 is 0 Å². The van der Waals surface area contributed by atoms with Crippen LogP contribution in [0.15, 0.2) is 72.8 Å². The summed E-state index contributed by atoms with van der Waals surface area (Å²) in [5.74, 6) is -1.38. The van der Waals surface area contributed by atoms with Crippen molar-refractivity contribution in [2.75, 3.05) is 11.9 Å². The predicted octanol–water partition coefficient (Wildman–Crippen LogP) is 5.03. The molecule has 34 heavy (non-hydrogen) atoms. The van der Waals surface area contributed by atoms with Crippen LogP contribution in [0.25, 0.3) is 11.1 Å². The number of amides is 2. The molecular formula is C27H26N2O5. The lowest BCUT2D eigenvalue weighted by molar-refractivity contribution is -0.137. The number of rotatable bonds is 8. The number of carboxylic acids is 1. The van der Waals surface area contributed by atoms with Gasteiger partial charge in [-0.25, -0.2) is 4.79 Å². The number of ether oxygens (including phenoxy) is 1. The van der Waals surface area contributed by atoms with Crippen molar-refractivity contribution in [3.8, 4) is 11.1 Å². The number of nitrogens with one attached hydrogen (secondary N) is 2. The normalized spacial score (nSPS) is 12.9. The van der Waals surface area contributed by atoms with Gasteiger partial charge in [0.15, 0.2) is 0 Å². The van der Waals surface area contributed by atoms with Crippen molar-refractivity contribution in [2.24, 2.45) is 0 Å². The first-order valence-electron chi connectivity index (χ1n) is 11.2. The van der Waals surface area contributed by atoms with Crippen molar-refractivity contribution in [3.63, 3.8) is 0 Å². The van der Waals surface area contributed by atoms with E-state index >= 15 is 0 Å². The minimum Gasteiger partial charge on any atom is -0.481 e. The van der Waals surface area contributed by atoms with Gasteiger partial charge in [-0.2, -0.15) is 0 Å². The minimum atomic E-state index is -0.918. The van der Waals surface area contributed by atoms with Gasteiger partial charge in [-0.3, -0.25) is 14.9 Å². The number of carbonyl (C=O) groups excluding carboxylic acids is 2. The molecule has 0 bridgehead atoms. The van der Waals surface area contributed by atoms with Gasteiger partial charge >= 0.3 is 12.1 Å². The van der Waals surface area contributed by atoms with Crippen molar-refractivity contribution in [1.29, 1.82) is 0 Å². The van der Waals surface area contributed by atoms with E-state index in [1.165, 1.54) is 0 Å². The maximum absolute atomic E-state index is 12.7. The summed E-state index contributed by atoms with van der Waals surface area (Å²) in [7, 11) is 0. The number of hydrogen-bond donors (Lipinski definition) is 3. The Bertz CT molecular complexity index is 1180. The fourth-order valence-electron chi connectivity index (χ4n) is 4.25. The zero-order chi connectivity index (χ0) is 24.1. The van der Waals surface area contributed by atoms with Crippen LogP contribution in [0, 0.1) is 0 Å². The molecule has 0 spiro atoms. The maximum atomic E-state index is 12.7. The molecule has 0 saturated heterocycles. The lowest BCUT2D eigenvalue weighted by atomic mass is 9.98. The highest BCUT2D eigenvalue weighted by Crippen LogP contribution is 2.44. The summed E-state index contributed by atoms with van der Waals surface area (Å²) in [6, 6.07) is 22.5. The highest BCUT2D eigenvalue weighted by Gasteiger charge is 2.29. The van der Waals surface area contributed by atoms with E-state index in [2.05, 4.69) is 22.8 Å². The first-order chi connectivity index (χ1) is 16.4. The third-order valence-corrected chi connectivity index (χ3v) is 5.92. The van der Waals surface area contributed by atoms with Gasteiger partial charge < -0.3 is 15.2 Å². The van der Waals surface area contributed by atoms with E-state index in [0.29, 0.717) is 12.1 Å². The Morgan fingerprint density at radius 3 is 2.15 bits per heavy atom. The number of hydrogen-bond acceptors (Lipinski definition) is 4. The number of carboxylic acid groups (broad SMARTS) is 1. The van der Waals surface area contributed by atoms with Gasteiger partial charge in [0.05, 0.1) is 11.3 Å². The lowest BCUT2D eigenvalue weighted by Crippen LogP contribution is -2.33. The van der Waals surface area contributed by atoms with Gasteiger partial charge in [0, 0.05) is 18.4 Å². The van der Waals surface area contributed by atoms with E-state index < -0.39 is 18.0 Å². The smallest absolute Gasteiger partial charge is 0.411 e. The second-order valence-electron chi connectivity index (χ2n) is 8.30. The van der Waals surface area contributed by atoms with Gasteiger partial charge in [-0.1, -0.05) is 60.7 Å². The van der Waals surface area contributed by atoms with Crippen LogP contribution in [0.3, 0.4) is 0 Å². The maximum Gasteiger partial charge on any atom is 0.411 e. The monoisotopic (exact) mass is 458 g/mol. The molecule has 0 radical (unpaired) electrons. The standard InChI is InChI=1S/C27H26N2O5/c1-17(14-15-25(30)31)28-26(32)22-12-6-7-13-24(22)29-27(33)34-16-23-20-10-4-2-8-18(20)19-9-3-5-11-21(19)23/h2-13,17,23H,14-16H2,1H3,(H,28,32)(H,29,33)(H,30,31). The van der Waals surface area contributed by atoms with Crippen LogP contribution < -0.4 is 10.6 Å². The molecule has 1 aliphatic rings. The third kappa shape index (κ3) is 5.09. The molecule has 7 nitrogen and oxygen atoms in total. The number of aliphatic carboxylic acids is 1. The fraction of sp³-hybridized carbons (Fsp3) is 0.222. The zero-order valence-corrected chi connectivity index (χ0v) is 18.8. The van der Waals surface area contributed by atoms with E-state index in [9.17, 15) is 14.4 Å². The first kappa shape index (κ1) is 23.0. The molecule has 1 aliphatic carbocycles. The summed E-state index contributed by atoms with van der Waals surface area (Å²) < 4.78 is 5.58. The summed E-state index contributed by atoms with van der Waals surface area (Å²) in [5.41, 5.74) is 5.12. The molecule has 0 aliphatic heterocycles. The average molecular weight is 459 g/mol. The molecule has 4 rings (SSSR count). The summed E-state index contributed by atoms with van der Waals surface area (Å²) >= 11 is 0. The third-order valence-electron chi connectivity index (χ3n) is 5.92. The minimum absolute atomic E-state index is 0.0406. The molecule has 7 heteroatoms. The Labute approximate surface area is 197 Å². The van der Waals surface area contributed by atoms with Crippen LogP contribution in [0.2, 0.25) is 0 Å². The Kier molecular flexibility index (Phi) is 6.92. The molecule has 3 aromatic rings. The second kappa shape index (κ2) is 10.2. The van der Waals surface area contributed by atoms with E-state index in [-0.39, 0.29) is 30.6 Å². The Hall–Kier alpha value is -4.13. The summed E-state index contributed by atoms with van der Waals surface area (Å²) in [6.45, 7) is 1.91. The molecule has 3 aromatic carbocycles. The van der Waals surface area contributed by atoms with Crippen LogP contribution in [-0.2, 0) is 9.53 Å². The van der Waals surface area contributed by atoms with Crippen LogP contribution in [-0.4, -0.2) is 35.7 Å². The number of anilines is 1. The van der Waals surface area contributed by atoms with Crippen molar-refractivity contribution in [3.05, 3.63) is 89.5 Å². The van der Waals surface area contributed by atoms with E-state index in [1.807, 2.05) is 36.4 Å². The number of carbonyl (C=O) groups is 3. The van der Waals surface area contributed by atoms with Gasteiger partial charge in [0.25, 0.3) is 5.91 Å². The second-order valence-corrected chi connectivity index (χ2v) is 8.30. The molecule has 0 fully saturated rings. The van der Waals surface area contributed by atoms with Crippen LogP contribution in [0.1, 0.15) is 47.2 Å². The molecule has 1 atom stereocenters. The molecule has 0 aromatic heterocycles. The molecule has 1 unspecified atom stereocenters. The fourth-order valence-corrected chi connectivity index (χ4v) is 4.25. The van der Waals surface area contributed by atoms with Gasteiger partial charge in [-0.05, 0) is 47.7 Å². The van der Waals surface area contributed by atoms with Crippen molar-refractivity contribution < 1.29 is 24.2 Å².